The zero-order valence-electron chi connectivity index (χ0n) is 18.5. The quantitative estimate of drug-likeness (QED) is 0.355. The number of nitrogens with zero attached hydrogens (tertiary/aromatic N) is 5. The Morgan fingerprint density at radius 1 is 1.20 bits per heavy atom. The molecular formula is C22H19ClN8O3S. The molecule has 178 valence electrons. The maximum absolute atomic E-state index is 12.6. The number of fused-ring (bicyclic) bond motifs is 5. The molecule has 13 heteroatoms. The topological polar surface area (TPSA) is 134 Å². The van der Waals surface area contributed by atoms with Crippen molar-refractivity contribution >= 4 is 67.2 Å². The van der Waals surface area contributed by atoms with E-state index in [-0.39, 0.29) is 41.4 Å². The number of hydrogen-bond acceptors (Lipinski definition) is 10. The molecule has 3 N–H and O–H groups in total. The van der Waals surface area contributed by atoms with E-state index in [0.717, 1.165) is 15.8 Å². The summed E-state index contributed by atoms with van der Waals surface area (Å²) in [7, 11) is 0. The molecule has 0 spiro atoms. The highest BCUT2D eigenvalue weighted by molar-refractivity contribution is 7.21. The lowest BCUT2D eigenvalue weighted by Gasteiger charge is -2.27. The molecule has 0 unspecified atom stereocenters. The molecule has 1 fully saturated rings. The van der Waals surface area contributed by atoms with Gasteiger partial charge in [0.2, 0.25) is 23.0 Å². The van der Waals surface area contributed by atoms with Crippen LogP contribution in [0.25, 0.3) is 21.1 Å². The highest BCUT2D eigenvalue weighted by Gasteiger charge is 2.27. The molecule has 2 aliphatic rings. The molecule has 6 rings (SSSR count). The number of nitrogens with one attached hydrogen (secondary N) is 3. The molecule has 11 nitrogen and oxygen atoms in total. The number of benzene rings is 1. The second-order valence-corrected chi connectivity index (χ2v) is 9.62. The van der Waals surface area contributed by atoms with E-state index in [1.165, 1.54) is 23.7 Å². The Labute approximate surface area is 207 Å². The van der Waals surface area contributed by atoms with Crippen LogP contribution in [0.1, 0.15) is 16.6 Å². The molecule has 4 aromatic rings. The van der Waals surface area contributed by atoms with Crippen LogP contribution in [-0.2, 0) is 4.79 Å². The molecular weight excluding hydrogens is 492 g/mol. The normalized spacial score (nSPS) is 18.2. The molecule has 2 aliphatic heterocycles. The lowest BCUT2D eigenvalue weighted by Crippen LogP contribution is -2.48. The van der Waals surface area contributed by atoms with Gasteiger partial charge in [0.1, 0.15) is 10.6 Å². The maximum atomic E-state index is 12.6. The SMILES string of the molecule is C[C@@H]1CNc2c(sc3ccc4nc(Oc5nc(Cl)ncc5N5CCNCC5=O)cnc4c23)C(=O)N1. The molecule has 35 heavy (non-hydrogen) atoms. The van der Waals surface area contributed by atoms with Crippen molar-refractivity contribution in [3.8, 4) is 11.8 Å². The summed E-state index contributed by atoms with van der Waals surface area (Å²) >= 11 is 7.43. The van der Waals surface area contributed by atoms with Gasteiger partial charge in [-0.2, -0.15) is 4.98 Å². The van der Waals surface area contributed by atoms with Gasteiger partial charge in [-0.3, -0.25) is 9.59 Å². The summed E-state index contributed by atoms with van der Waals surface area (Å²) in [5.41, 5.74) is 2.42. The van der Waals surface area contributed by atoms with Gasteiger partial charge in [0.15, 0.2) is 0 Å². The number of hydrogen-bond donors (Lipinski definition) is 3. The van der Waals surface area contributed by atoms with E-state index in [2.05, 4.69) is 35.9 Å². The van der Waals surface area contributed by atoms with Crippen molar-refractivity contribution in [3.63, 3.8) is 0 Å². The van der Waals surface area contributed by atoms with Gasteiger partial charge in [0, 0.05) is 35.8 Å². The number of ether oxygens (including phenoxy) is 1. The van der Waals surface area contributed by atoms with Crippen LogP contribution in [0.4, 0.5) is 11.4 Å². The maximum Gasteiger partial charge on any atom is 0.263 e. The lowest BCUT2D eigenvalue weighted by molar-refractivity contribution is -0.118. The molecule has 0 saturated carbocycles. The number of amides is 2. The van der Waals surface area contributed by atoms with Gasteiger partial charge in [-0.05, 0) is 30.7 Å². The van der Waals surface area contributed by atoms with Gasteiger partial charge in [-0.25, -0.2) is 15.0 Å². The van der Waals surface area contributed by atoms with Crippen molar-refractivity contribution in [2.24, 2.45) is 0 Å². The lowest BCUT2D eigenvalue weighted by atomic mass is 10.1. The number of carbonyl (C=O) groups excluding carboxylic acids is 2. The predicted octanol–water partition coefficient (Wildman–Crippen LogP) is 2.56. The number of carbonyl (C=O) groups is 2. The number of thiophene rings is 1. The molecule has 0 radical (unpaired) electrons. The average molecular weight is 511 g/mol. The smallest absolute Gasteiger partial charge is 0.263 e. The first-order valence-corrected chi connectivity index (χ1v) is 12.2. The fourth-order valence-corrected chi connectivity index (χ4v) is 5.39. The summed E-state index contributed by atoms with van der Waals surface area (Å²) in [6, 6.07) is 3.76. The summed E-state index contributed by atoms with van der Waals surface area (Å²) in [6.07, 6.45) is 2.95. The van der Waals surface area contributed by atoms with Gasteiger partial charge < -0.3 is 25.6 Å². The summed E-state index contributed by atoms with van der Waals surface area (Å²) in [5, 5.41) is 10.2. The Morgan fingerprint density at radius 2 is 2.09 bits per heavy atom. The van der Waals surface area contributed by atoms with Crippen molar-refractivity contribution in [1.29, 1.82) is 0 Å². The van der Waals surface area contributed by atoms with Crippen LogP contribution in [0.5, 0.6) is 11.8 Å². The fraction of sp³-hybridized carbons (Fsp3) is 0.273. The van der Waals surface area contributed by atoms with E-state index in [4.69, 9.17) is 16.3 Å². The molecule has 5 heterocycles. The Bertz CT molecular complexity index is 1510. The van der Waals surface area contributed by atoms with Gasteiger partial charge >= 0.3 is 0 Å². The summed E-state index contributed by atoms with van der Waals surface area (Å²) in [4.78, 5) is 44.7. The number of piperazine rings is 1. The predicted molar refractivity (Wildman–Crippen MR) is 133 cm³/mol. The molecule has 0 aliphatic carbocycles. The van der Waals surface area contributed by atoms with Crippen molar-refractivity contribution in [2.45, 2.75) is 13.0 Å². The van der Waals surface area contributed by atoms with Gasteiger partial charge in [0.25, 0.3) is 5.91 Å². The molecule has 0 bridgehead atoms. The van der Waals surface area contributed by atoms with Crippen LogP contribution in [0.3, 0.4) is 0 Å². The minimum atomic E-state index is -0.122. The van der Waals surface area contributed by atoms with Crippen LogP contribution in [0.2, 0.25) is 5.28 Å². The average Bonchev–Trinajstić information content (AvgIpc) is 3.16. The molecule has 1 saturated heterocycles. The summed E-state index contributed by atoms with van der Waals surface area (Å²) in [5.74, 6) is 0.0844. The third-order valence-electron chi connectivity index (χ3n) is 5.80. The van der Waals surface area contributed by atoms with E-state index in [0.29, 0.717) is 41.2 Å². The van der Waals surface area contributed by atoms with E-state index < -0.39 is 0 Å². The van der Waals surface area contributed by atoms with Crippen molar-refractivity contribution in [2.75, 3.05) is 36.4 Å². The van der Waals surface area contributed by atoms with E-state index in [1.807, 2.05) is 19.1 Å². The summed E-state index contributed by atoms with van der Waals surface area (Å²) < 4.78 is 6.89. The second kappa shape index (κ2) is 8.56. The van der Waals surface area contributed by atoms with Gasteiger partial charge in [-0.15, -0.1) is 11.3 Å². The largest absolute Gasteiger partial charge is 0.417 e. The first kappa shape index (κ1) is 21.9. The Morgan fingerprint density at radius 3 is 2.94 bits per heavy atom. The van der Waals surface area contributed by atoms with Crippen LogP contribution in [0, 0.1) is 0 Å². The van der Waals surface area contributed by atoms with E-state index in [1.54, 1.807) is 4.90 Å². The zero-order valence-corrected chi connectivity index (χ0v) is 20.0. The molecule has 1 atom stereocenters. The Hall–Kier alpha value is -3.61. The monoisotopic (exact) mass is 510 g/mol. The van der Waals surface area contributed by atoms with Gasteiger partial charge in [0.05, 0.1) is 35.7 Å². The van der Waals surface area contributed by atoms with Gasteiger partial charge in [-0.1, -0.05) is 0 Å². The minimum absolute atomic E-state index is 0.00895. The summed E-state index contributed by atoms with van der Waals surface area (Å²) in [6.45, 7) is 3.85. The number of aromatic nitrogens is 4. The minimum Gasteiger partial charge on any atom is -0.417 e. The van der Waals surface area contributed by atoms with Crippen LogP contribution >= 0.6 is 22.9 Å². The third-order valence-corrected chi connectivity index (χ3v) is 7.13. The fourth-order valence-electron chi connectivity index (χ4n) is 4.18. The number of anilines is 2. The van der Waals surface area contributed by atoms with Crippen molar-refractivity contribution in [3.05, 3.63) is 34.7 Å². The Balaban J connectivity index is 1.40. The van der Waals surface area contributed by atoms with Crippen LogP contribution in [0.15, 0.2) is 24.5 Å². The first-order valence-electron chi connectivity index (χ1n) is 11.0. The number of rotatable bonds is 3. The molecule has 2 amide bonds. The van der Waals surface area contributed by atoms with E-state index >= 15 is 0 Å². The zero-order chi connectivity index (χ0) is 24.1. The second-order valence-electron chi connectivity index (χ2n) is 8.23. The van der Waals surface area contributed by atoms with Crippen LogP contribution in [-0.4, -0.2) is 64.0 Å². The van der Waals surface area contributed by atoms with Crippen molar-refractivity contribution in [1.82, 2.24) is 30.6 Å². The number of halogens is 1. The third kappa shape index (κ3) is 3.89. The highest BCUT2D eigenvalue weighted by Crippen LogP contribution is 2.40. The van der Waals surface area contributed by atoms with Crippen molar-refractivity contribution < 1.29 is 14.3 Å². The Kier molecular flexibility index (Phi) is 5.35. The molecule has 1 aromatic carbocycles. The van der Waals surface area contributed by atoms with E-state index in [9.17, 15) is 9.59 Å². The molecule has 3 aromatic heterocycles. The highest BCUT2D eigenvalue weighted by atomic mass is 35.5. The van der Waals surface area contributed by atoms with Crippen LogP contribution < -0.4 is 25.6 Å². The first-order chi connectivity index (χ1) is 17.0. The standard InChI is InChI=1S/C22H19ClN8O3S/c1-10-6-25-18-16-13(35-19(18)20(33)28-10)3-2-11-17(16)26-8-14(29-11)34-21-12(7-27-22(23)30-21)31-5-4-24-9-15(31)32/h2-3,7-8,10,24-25H,4-6,9H2,1H3,(H,28,33)/t10-/m1/s1.